The van der Waals surface area contributed by atoms with Crippen molar-refractivity contribution in [3.05, 3.63) is 54.0 Å². The maximum absolute atomic E-state index is 5.64. The van der Waals surface area contributed by atoms with Crippen LogP contribution in [0, 0.1) is 5.92 Å². The van der Waals surface area contributed by atoms with Crippen molar-refractivity contribution < 1.29 is 14.5 Å². The van der Waals surface area contributed by atoms with Gasteiger partial charge in [-0.05, 0) is 48.7 Å². The van der Waals surface area contributed by atoms with Crippen LogP contribution in [0.5, 0.6) is 5.75 Å². The lowest BCUT2D eigenvalue weighted by Crippen LogP contribution is -2.82. The summed E-state index contributed by atoms with van der Waals surface area (Å²) in [6, 6.07) is 12.4. The summed E-state index contributed by atoms with van der Waals surface area (Å²) in [5.74, 6) is 3.35. The van der Waals surface area contributed by atoms with Crippen molar-refractivity contribution in [1.82, 2.24) is 0 Å². The molecule has 0 saturated carbocycles. The average Bonchev–Trinajstić information content (AvgIpc) is 3.09. The fraction of sp³-hybridized carbons (Fsp3) is 0.500. The maximum Gasteiger partial charge on any atom is 0.118 e. The second-order valence-electron chi connectivity index (χ2n) is 6.60. The normalized spacial score (nSPS) is 12.5. The van der Waals surface area contributed by atoms with Crippen LogP contribution in [0.3, 0.4) is 0 Å². The van der Waals surface area contributed by atoms with E-state index in [0.717, 1.165) is 36.9 Å². The molecule has 0 amide bonds. The largest absolute Gasteiger partial charge is 0.497 e. The summed E-state index contributed by atoms with van der Waals surface area (Å²) in [5.41, 5.74) is 1.34. The van der Waals surface area contributed by atoms with Crippen molar-refractivity contribution >= 4 is 0 Å². The van der Waals surface area contributed by atoms with Crippen molar-refractivity contribution in [3.8, 4) is 5.75 Å². The Balaban J connectivity index is 1.76. The number of hydrogen-bond acceptors (Lipinski definition) is 2. The van der Waals surface area contributed by atoms with Crippen LogP contribution in [0.1, 0.15) is 50.4 Å². The summed E-state index contributed by atoms with van der Waals surface area (Å²) in [7, 11) is 1.70. The van der Waals surface area contributed by atoms with E-state index in [2.05, 4.69) is 37.4 Å². The van der Waals surface area contributed by atoms with E-state index in [4.69, 9.17) is 9.15 Å². The van der Waals surface area contributed by atoms with E-state index in [1.165, 1.54) is 18.4 Å². The van der Waals surface area contributed by atoms with Gasteiger partial charge in [0.05, 0.1) is 19.9 Å². The fourth-order valence-corrected chi connectivity index (χ4v) is 2.84. The number of quaternary nitrogens is 1. The number of methoxy groups -OCH3 is 1. The SMILES string of the molecule is COc1ccc(C[NH2+]CC[C@H](CCC(C)C)c2ccco2)cc1. The van der Waals surface area contributed by atoms with Gasteiger partial charge in [-0.1, -0.05) is 20.3 Å². The Bertz CT molecular complexity index is 531. The van der Waals surface area contributed by atoms with E-state index in [1.807, 2.05) is 18.2 Å². The number of hydrogen-bond donors (Lipinski definition) is 1. The first-order valence-corrected chi connectivity index (χ1v) is 8.67. The second kappa shape index (κ2) is 9.41. The number of benzene rings is 1. The fourth-order valence-electron chi connectivity index (χ4n) is 2.84. The molecule has 1 atom stereocenters. The lowest BCUT2D eigenvalue weighted by molar-refractivity contribution is -0.671. The highest BCUT2D eigenvalue weighted by Gasteiger charge is 2.15. The number of nitrogens with two attached hydrogens (primary N) is 1. The quantitative estimate of drug-likeness (QED) is 0.674. The second-order valence-corrected chi connectivity index (χ2v) is 6.60. The smallest absolute Gasteiger partial charge is 0.118 e. The first-order valence-electron chi connectivity index (χ1n) is 8.67. The van der Waals surface area contributed by atoms with Crippen molar-refractivity contribution in [2.24, 2.45) is 5.92 Å². The zero-order chi connectivity index (χ0) is 16.5. The van der Waals surface area contributed by atoms with Crippen molar-refractivity contribution in [3.63, 3.8) is 0 Å². The lowest BCUT2D eigenvalue weighted by atomic mass is 9.93. The van der Waals surface area contributed by atoms with E-state index >= 15 is 0 Å². The summed E-state index contributed by atoms with van der Waals surface area (Å²) in [6.45, 7) is 6.71. The van der Waals surface area contributed by atoms with Gasteiger partial charge in [-0.2, -0.15) is 0 Å². The topological polar surface area (TPSA) is 39.0 Å². The molecule has 0 aliphatic carbocycles. The highest BCUT2D eigenvalue weighted by atomic mass is 16.5. The van der Waals surface area contributed by atoms with E-state index in [0.29, 0.717) is 5.92 Å². The molecule has 0 bridgehead atoms. The van der Waals surface area contributed by atoms with E-state index in [9.17, 15) is 0 Å². The van der Waals surface area contributed by atoms with Crippen LogP contribution >= 0.6 is 0 Å². The minimum Gasteiger partial charge on any atom is -0.497 e. The predicted molar refractivity (Wildman–Crippen MR) is 93.6 cm³/mol. The minimum absolute atomic E-state index is 0.541. The van der Waals surface area contributed by atoms with Gasteiger partial charge in [-0.15, -0.1) is 0 Å². The molecule has 1 aromatic carbocycles. The summed E-state index contributed by atoms with van der Waals surface area (Å²) in [4.78, 5) is 0. The molecule has 23 heavy (non-hydrogen) atoms. The lowest BCUT2D eigenvalue weighted by Gasteiger charge is -2.15. The van der Waals surface area contributed by atoms with Gasteiger partial charge in [0, 0.05) is 17.9 Å². The van der Waals surface area contributed by atoms with Crippen LogP contribution in [0.2, 0.25) is 0 Å². The van der Waals surface area contributed by atoms with Crippen LogP contribution in [-0.2, 0) is 6.54 Å². The highest BCUT2D eigenvalue weighted by molar-refractivity contribution is 5.26. The maximum atomic E-state index is 5.64. The molecule has 126 valence electrons. The number of furan rings is 1. The van der Waals surface area contributed by atoms with E-state index < -0.39 is 0 Å². The molecule has 3 heteroatoms. The molecular formula is C20H30NO2+. The molecular weight excluding hydrogens is 286 g/mol. The van der Waals surface area contributed by atoms with Gasteiger partial charge >= 0.3 is 0 Å². The summed E-state index contributed by atoms with van der Waals surface area (Å²) in [6.07, 6.45) is 5.42. The molecule has 1 aromatic heterocycles. The summed E-state index contributed by atoms with van der Waals surface area (Å²) < 4.78 is 10.8. The average molecular weight is 316 g/mol. The van der Waals surface area contributed by atoms with Crippen LogP contribution in [0.4, 0.5) is 0 Å². The number of rotatable bonds is 10. The van der Waals surface area contributed by atoms with Gasteiger partial charge in [0.1, 0.15) is 18.1 Å². The van der Waals surface area contributed by atoms with Gasteiger partial charge in [0.2, 0.25) is 0 Å². The molecule has 0 aliphatic rings. The Hall–Kier alpha value is -1.74. The van der Waals surface area contributed by atoms with Gasteiger partial charge in [-0.25, -0.2) is 0 Å². The van der Waals surface area contributed by atoms with Gasteiger partial charge in [0.15, 0.2) is 0 Å². The third-order valence-corrected chi connectivity index (χ3v) is 4.30. The Morgan fingerprint density at radius 3 is 2.43 bits per heavy atom. The van der Waals surface area contributed by atoms with Crippen LogP contribution in [-0.4, -0.2) is 13.7 Å². The third-order valence-electron chi connectivity index (χ3n) is 4.30. The van der Waals surface area contributed by atoms with E-state index in [1.54, 1.807) is 13.4 Å². The van der Waals surface area contributed by atoms with Crippen molar-refractivity contribution in [2.75, 3.05) is 13.7 Å². The highest BCUT2D eigenvalue weighted by Crippen LogP contribution is 2.26. The zero-order valence-corrected chi connectivity index (χ0v) is 14.6. The van der Waals surface area contributed by atoms with Crippen LogP contribution in [0.25, 0.3) is 0 Å². The molecule has 0 fully saturated rings. The number of ether oxygens (including phenoxy) is 1. The summed E-state index contributed by atoms with van der Waals surface area (Å²) in [5, 5.41) is 2.38. The first kappa shape index (κ1) is 17.6. The van der Waals surface area contributed by atoms with Crippen molar-refractivity contribution in [2.45, 2.75) is 45.6 Å². The van der Waals surface area contributed by atoms with E-state index in [-0.39, 0.29) is 0 Å². The third kappa shape index (κ3) is 6.11. The molecule has 2 N–H and O–H groups in total. The Morgan fingerprint density at radius 1 is 1.04 bits per heavy atom. The van der Waals surface area contributed by atoms with Gasteiger partial charge < -0.3 is 14.5 Å². The molecule has 1 heterocycles. The van der Waals surface area contributed by atoms with Crippen LogP contribution < -0.4 is 10.1 Å². The van der Waals surface area contributed by atoms with Gasteiger partial charge in [0.25, 0.3) is 0 Å². The molecule has 0 saturated heterocycles. The molecule has 0 unspecified atom stereocenters. The Labute approximate surface area is 140 Å². The predicted octanol–water partition coefficient (Wildman–Crippen LogP) is 3.96. The molecule has 3 nitrogen and oxygen atoms in total. The minimum atomic E-state index is 0.541. The monoisotopic (exact) mass is 316 g/mol. The summed E-state index contributed by atoms with van der Waals surface area (Å²) >= 11 is 0. The molecule has 0 radical (unpaired) electrons. The molecule has 0 aliphatic heterocycles. The Kier molecular flexibility index (Phi) is 7.21. The molecule has 2 aromatic rings. The van der Waals surface area contributed by atoms with Crippen molar-refractivity contribution in [1.29, 1.82) is 0 Å². The Morgan fingerprint density at radius 2 is 1.83 bits per heavy atom. The molecule has 2 rings (SSSR count). The molecule has 0 spiro atoms. The standard InChI is InChI=1S/C20H29NO2/c1-16(2)6-9-18(20-5-4-14-23-20)12-13-21-15-17-7-10-19(22-3)11-8-17/h4-5,7-8,10-11,14,16,18,21H,6,9,12-13,15H2,1-3H3/p+1/t18-/m0/s1. The zero-order valence-electron chi connectivity index (χ0n) is 14.6. The van der Waals surface area contributed by atoms with Gasteiger partial charge in [-0.3, -0.25) is 0 Å². The first-order chi connectivity index (χ1) is 11.2. The van der Waals surface area contributed by atoms with Crippen LogP contribution in [0.15, 0.2) is 47.1 Å².